The minimum absolute atomic E-state index is 0.246. The third kappa shape index (κ3) is 5.52. The third-order valence-corrected chi connectivity index (χ3v) is 11.8. The number of fused-ring (bicyclic) bond motifs is 6. The van der Waals surface area contributed by atoms with Crippen LogP contribution >= 0.6 is 0 Å². The highest BCUT2D eigenvalue weighted by atomic mass is 15.0. The molecule has 3 aliphatic carbocycles. The van der Waals surface area contributed by atoms with Crippen LogP contribution in [0.1, 0.15) is 59.3 Å². The average Bonchev–Trinajstić information content (AvgIpc) is 3.79. The quantitative estimate of drug-likeness (QED) is 0.171. The van der Waals surface area contributed by atoms with Crippen molar-refractivity contribution in [3.05, 3.63) is 204 Å². The number of aromatic nitrogens is 4. The van der Waals surface area contributed by atoms with Gasteiger partial charge >= 0.3 is 0 Å². The molecule has 0 spiro atoms. The number of benzene rings is 5. The molecule has 56 heavy (non-hydrogen) atoms. The van der Waals surface area contributed by atoms with Gasteiger partial charge in [-0.05, 0) is 104 Å². The maximum Gasteiger partial charge on any atom is 0.160 e. The maximum absolute atomic E-state index is 5.16. The number of nitrogens with zero attached hydrogens (tertiary/aromatic N) is 4. The van der Waals surface area contributed by atoms with Crippen LogP contribution in [0.15, 0.2) is 176 Å². The fourth-order valence-corrected chi connectivity index (χ4v) is 9.09. The number of rotatable bonds is 6. The van der Waals surface area contributed by atoms with E-state index in [0.717, 1.165) is 54.1 Å². The molecule has 0 radical (unpaired) electrons. The largest absolute Gasteiger partial charge is 0.313 e. The first-order chi connectivity index (χ1) is 27.8. The van der Waals surface area contributed by atoms with Gasteiger partial charge in [0.1, 0.15) is 0 Å². The molecule has 2 atom stereocenters. The summed E-state index contributed by atoms with van der Waals surface area (Å²) in [6.45, 7) is 0. The standard InChI is InChI=1S/C52H40N4/c1-4-14-35(15-5-1)46-34-47(36-16-6-2-7-17-36)54-52(53-46)37-24-28-41(29-25-37)55-49-23-13-11-21-43(49)45-32-38(27-31-50(45)55)39-26-30-44-42-20-10-12-22-48(42)56(51(44)33-39)40-18-8-3-9-19-40/h1,3-6,8-14,16-32,34-35,39H,2,7,15,33H2. The second kappa shape index (κ2) is 13.5. The van der Waals surface area contributed by atoms with Gasteiger partial charge in [0.05, 0.1) is 27.9 Å². The second-order valence-electron chi connectivity index (χ2n) is 15.2. The summed E-state index contributed by atoms with van der Waals surface area (Å²) in [5.41, 5.74) is 14.3. The molecule has 0 aliphatic heterocycles. The molecule has 3 aromatic heterocycles. The summed E-state index contributed by atoms with van der Waals surface area (Å²) in [6, 6.07) is 46.5. The van der Waals surface area contributed by atoms with Crippen LogP contribution in [-0.4, -0.2) is 19.1 Å². The Labute approximate surface area is 326 Å². The molecule has 11 rings (SSSR count). The Hall–Kier alpha value is -6.78. The van der Waals surface area contributed by atoms with Crippen LogP contribution in [0.25, 0.3) is 67.1 Å². The van der Waals surface area contributed by atoms with Gasteiger partial charge in [-0.1, -0.05) is 115 Å². The molecule has 0 saturated carbocycles. The summed E-state index contributed by atoms with van der Waals surface area (Å²) >= 11 is 0. The molecule has 268 valence electrons. The molecular formula is C52H40N4. The van der Waals surface area contributed by atoms with E-state index in [0.29, 0.717) is 0 Å². The van der Waals surface area contributed by atoms with E-state index in [1.54, 1.807) is 0 Å². The van der Waals surface area contributed by atoms with Crippen molar-refractivity contribution in [3.63, 3.8) is 0 Å². The van der Waals surface area contributed by atoms with Gasteiger partial charge in [-0.3, -0.25) is 0 Å². The summed E-state index contributed by atoms with van der Waals surface area (Å²) in [5, 5.41) is 3.84. The van der Waals surface area contributed by atoms with Crippen molar-refractivity contribution in [1.82, 2.24) is 19.1 Å². The van der Waals surface area contributed by atoms with Crippen molar-refractivity contribution in [3.8, 4) is 22.8 Å². The van der Waals surface area contributed by atoms with Gasteiger partial charge in [0.2, 0.25) is 0 Å². The highest BCUT2D eigenvalue weighted by molar-refractivity contribution is 6.09. The van der Waals surface area contributed by atoms with Crippen LogP contribution in [0.5, 0.6) is 0 Å². The number of allylic oxidation sites excluding steroid dienone is 9. The van der Waals surface area contributed by atoms with E-state index in [9.17, 15) is 0 Å². The lowest BCUT2D eigenvalue weighted by atomic mass is 9.87. The van der Waals surface area contributed by atoms with E-state index in [1.807, 2.05) is 0 Å². The predicted molar refractivity (Wildman–Crippen MR) is 233 cm³/mol. The van der Waals surface area contributed by atoms with E-state index in [2.05, 4.69) is 191 Å². The highest BCUT2D eigenvalue weighted by Gasteiger charge is 2.25. The van der Waals surface area contributed by atoms with Crippen LogP contribution < -0.4 is 0 Å². The second-order valence-corrected chi connectivity index (χ2v) is 15.2. The van der Waals surface area contributed by atoms with Crippen LogP contribution in [0.4, 0.5) is 0 Å². The van der Waals surface area contributed by atoms with Gasteiger partial charge in [0.15, 0.2) is 5.82 Å². The molecule has 0 bridgehead atoms. The van der Waals surface area contributed by atoms with Crippen molar-refractivity contribution in [2.45, 2.75) is 37.5 Å². The summed E-state index contributed by atoms with van der Waals surface area (Å²) in [6.07, 6.45) is 24.3. The van der Waals surface area contributed by atoms with Gasteiger partial charge in [0, 0.05) is 56.2 Å². The molecule has 4 nitrogen and oxygen atoms in total. The molecule has 5 aromatic carbocycles. The first kappa shape index (κ1) is 32.6. The summed E-state index contributed by atoms with van der Waals surface area (Å²) in [4.78, 5) is 10.3. The van der Waals surface area contributed by atoms with Crippen LogP contribution in [0, 0.1) is 0 Å². The van der Waals surface area contributed by atoms with Crippen LogP contribution in [0.3, 0.4) is 0 Å². The monoisotopic (exact) mass is 720 g/mol. The van der Waals surface area contributed by atoms with Gasteiger partial charge in [-0.25, -0.2) is 9.97 Å². The van der Waals surface area contributed by atoms with Crippen LogP contribution in [-0.2, 0) is 6.42 Å². The van der Waals surface area contributed by atoms with Gasteiger partial charge in [0.25, 0.3) is 0 Å². The average molecular weight is 721 g/mol. The summed E-state index contributed by atoms with van der Waals surface area (Å²) in [5.74, 6) is 1.28. The molecule has 0 N–H and O–H groups in total. The molecule has 0 amide bonds. The Kier molecular flexibility index (Phi) is 7.87. The zero-order valence-electron chi connectivity index (χ0n) is 31.1. The van der Waals surface area contributed by atoms with Crippen molar-refractivity contribution < 1.29 is 0 Å². The zero-order chi connectivity index (χ0) is 37.0. The third-order valence-electron chi connectivity index (χ3n) is 11.8. The lowest BCUT2D eigenvalue weighted by Crippen LogP contribution is -2.10. The van der Waals surface area contributed by atoms with E-state index >= 15 is 0 Å². The van der Waals surface area contributed by atoms with E-state index < -0.39 is 0 Å². The molecule has 3 aliphatic rings. The van der Waals surface area contributed by atoms with Gasteiger partial charge in [-0.2, -0.15) is 0 Å². The summed E-state index contributed by atoms with van der Waals surface area (Å²) < 4.78 is 4.87. The molecule has 0 saturated heterocycles. The molecule has 4 heteroatoms. The molecule has 2 unspecified atom stereocenters. The fourth-order valence-electron chi connectivity index (χ4n) is 9.09. The Balaban J connectivity index is 0.968. The summed E-state index contributed by atoms with van der Waals surface area (Å²) in [7, 11) is 0. The van der Waals surface area contributed by atoms with Crippen molar-refractivity contribution in [2.75, 3.05) is 0 Å². The minimum Gasteiger partial charge on any atom is -0.313 e. The molecule has 0 fully saturated rings. The molecule has 3 heterocycles. The van der Waals surface area contributed by atoms with Crippen molar-refractivity contribution in [2.24, 2.45) is 0 Å². The zero-order valence-corrected chi connectivity index (χ0v) is 31.1. The first-order valence-electron chi connectivity index (χ1n) is 19.9. The van der Waals surface area contributed by atoms with Crippen molar-refractivity contribution >= 4 is 44.4 Å². The predicted octanol–water partition coefficient (Wildman–Crippen LogP) is 12.9. The smallest absolute Gasteiger partial charge is 0.160 e. The maximum atomic E-state index is 5.16. The normalized spacial score (nSPS) is 17.5. The minimum atomic E-state index is 0.246. The lowest BCUT2D eigenvalue weighted by Gasteiger charge is -2.21. The number of hydrogen-bond donors (Lipinski definition) is 0. The first-order valence-corrected chi connectivity index (χ1v) is 19.9. The van der Waals surface area contributed by atoms with Gasteiger partial charge < -0.3 is 9.13 Å². The Bertz CT molecular complexity index is 2970. The number of para-hydroxylation sites is 3. The van der Waals surface area contributed by atoms with Gasteiger partial charge in [-0.15, -0.1) is 0 Å². The Morgan fingerprint density at radius 2 is 1.32 bits per heavy atom. The molecule has 8 aromatic rings. The fraction of sp³-hybridized carbons (Fsp3) is 0.115. The SMILES string of the molecule is C1=CCC(c2cc(C3=CCCC=C3)nc(-c3ccc(-n4c5ccccc5c5cc(C6C=Cc7c(n(-c8ccccc8)c8ccccc78)C6)ccc54)cc3)n2)C=C1. The topological polar surface area (TPSA) is 35.6 Å². The number of hydrogen-bond acceptors (Lipinski definition) is 2. The van der Waals surface area contributed by atoms with E-state index in [-0.39, 0.29) is 11.8 Å². The Morgan fingerprint density at radius 1 is 0.554 bits per heavy atom. The Morgan fingerprint density at radius 3 is 2.12 bits per heavy atom. The van der Waals surface area contributed by atoms with Crippen LogP contribution in [0.2, 0.25) is 0 Å². The van der Waals surface area contributed by atoms with Crippen molar-refractivity contribution in [1.29, 1.82) is 0 Å². The highest BCUT2D eigenvalue weighted by Crippen LogP contribution is 2.41. The lowest BCUT2D eigenvalue weighted by molar-refractivity contribution is 0.784. The van der Waals surface area contributed by atoms with E-state index in [4.69, 9.17) is 9.97 Å². The van der Waals surface area contributed by atoms with E-state index in [1.165, 1.54) is 60.8 Å². The molecular weight excluding hydrogens is 681 g/mol.